The Hall–Kier alpha value is -2.06. The number of halogens is 1. The molecule has 0 aliphatic rings. The van der Waals surface area contributed by atoms with Crippen LogP contribution in [0.2, 0.25) is 5.02 Å². The van der Waals surface area contributed by atoms with Gasteiger partial charge in [0.2, 0.25) is 5.91 Å². The molecule has 2 rings (SSSR count). The van der Waals surface area contributed by atoms with E-state index in [0.29, 0.717) is 5.02 Å². The minimum Gasteiger partial charge on any atom is -0.323 e. The number of carbonyl (C=O) groups excluding carboxylic acids is 1. The summed E-state index contributed by atoms with van der Waals surface area (Å²) in [6.45, 7) is 4.06. The third-order valence-electron chi connectivity index (χ3n) is 3.09. The van der Waals surface area contributed by atoms with Crippen molar-refractivity contribution in [2.24, 2.45) is 0 Å². The number of benzene rings is 2. The molecule has 0 atom stereocenters. The Balaban J connectivity index is 2.06. The number of aryl methyl sites for hydroxylation is 2. The molecule has 0 aromatic heterocycles. The summed E-state index contributed by atoms with van der Waals surface area (Å²) in [7, 11) is 0. The molecule has 0 fully saturated rings. The van der Waals surface area contributed by atoms with Crippen LogP contribution in [-0.2, 0) is 4.79 Å². The molecule has 2 nitrogen and oxygen atoms in total. The standard InChI is InChI=1S/C17H16ClNO/c1-12-7-9-15(11-13(12)2)19-17(20)10-8-14-5-3-4-6-16(14)18/h3-11H,1-2H3,(H,19,20). The number of hydrogen-bond acceptors (Lipinski definition) is 1. The summed E-state index contributed by atoms with van der Waals surface area (Å²) < 4.78 is 0. The molecule has 1 N–H and O–H groups in total. The molecule has 102 valence electrons. The van der Waals surface area contributed by atoms with Crippen LogP contribution < -0.4 is 5.32 Å². The number of carbonyl (C=O) groups is 1. The zero-order valence-corrected chi connectivity index (χ0v) is 12.2. The topological polar surface area (TPSA) is 29.1 Å². The molecular weight excluding hydrogens is 270 g/mol. The second-order valence-corrected chi connectivity index (χ2v) is 5.05. The Morgan fingerprint density at radius 2 is 1.85 bits per heavy atom. The Morgan fingerprint density at radius 1 is 1.10 bits per heavy atom. The van der Waals surface area contributed by atoms with E-state index in [0.717, 1.165) is 16.8 Å². The minimum absolute atomic E-state index is 0.173. The monoisotopic (exact) mass is 285 g/mol. The largest absolute Gasteiger partial charge is 0.323 e. The van der Waals surface area contributed by atoms with Crippen LogP contribution in [-0.4, -0.2) is 5.91 Å². The Morgan fingerprint density at radius 3 is 2.55 bits per heavy atom. The Bertz CT molecular complexity index is 662. The molecule has 0 spiro atoms. The number of rotatable bonds is 3. The van der Waals surface area contributed by atoms with Crippen LogP contribution in [0.1, 0.15) is 16.7 Å². The summed E-state index contributed by atoms with van der Waals surface area (Å²) in [5.74, 6) is -0.173. The summed E-state index contributed by atoms with van der Waals surface area (Å²) in [6.07, 6.45) is 3.19. The molecule has 0 aliphatic heterocycles. The fourth-order valence-corrected chi connectivity index (χ4v) is 1.98. The first kappa shape index (κ1) is 14.4. The van der Waals surface area contributed by atoms with Gasteiger partial charge < -0.3 is 5.32 Å². The first-order chi connectivity index (χ1) is 9.56. The van der Waals surface area contributed by atoms with E-state index in [2.05, 4.69) is 5.32 Å². The highest BCUT2D eigenvalue weighted by Gasteiger charge is 2.00. The van der Waals surface area contributed by atoms with Crippen molar-refractivity contribution >= 4 is 29.3 Å². The summed E-state index contributed by atoms with van der Waals surface area (Å²) in [6, 6.07) is 13.2. The summed E-state index contributed by atoms with van der Waals surface area (Å²) in [5.41, 5.74) is 3.97. The van der Waals surface area contributed by atoms with Gasteiger partial charge >= 0.3 is 0 Å². The summed E-state index contributed by atoms with van der Waals surface area (Å²) in [5, 5.41) is 3.46. The van der Waals surface area contributed by atoms with Gasteiger partial charge in [-0.1, -0.05) is 35.9 Å². The van der Waals surface area contributed by atoms with Gasteiger partial charge in [-0.3, -0.25) is 4.79 Å². The van der Waals surface area contributed by atoms with Gasteiger partial charge in [-0.15, -0.1) is 0 Å². The number of hydrogen-bond donors (Lipinski definition) is 1. The first-order valence-electron chi connectivity index (χ1n) is 6.37. The zero-order chi connectivity index (χ0) is 14.5. The molecular formula is C17H16ClNO. The molecule has 20 heavy (non-hydrogen) atoms. The van der Waals surface area contributed by atoms with Crippen LogP contribution in [0.15, 0.2) is 48.5 Å². The van der Waals surface area contributed by atoms with Crippen LogP contribution in [0.4, 0.5) is 5.69 Å². The fraction of sp³-hybridized carbons (Fsp3) is 0.118. The average Bonchev–Trinajstić information content (AvgIpc) is 2.42. The molecule has 0 bridgehead atoms. The van der Waals surface area contributed by atoms with Crippen molar-refractivity contribution in [3.63, 3.8) is 0 Å². The Labute approximate surface area is 124 Å². The SMILES string of the molecule is Cc1ccc(NC(=O)C=Cc2ccccc2Cl)cc1C. The highest BCUT2D eigenvalue weighted by Crippen LogP contribution is 2.17. The lowest BCUT2D eigenvalue weighted by atomic mass is 10.1. The molecule has 0 aliphatic carbocycles. The van der Waals surface area contributed by atoms with Gasteiger partial charge in [0.1, 0.15) is 0 Å². The Kier molecular flexibility index (Phi) is 4.59. The van der Waals surface area contributed by atoms with E-state index in [4.69, 9.17) is 11.6 Å². The molecule has 0 heterocycles. The third-order valence-corrected chi connectivity index (χ3v) is 3.44. The molecule has 2 aromatic carbocycles. The predicted molar refractivity (Wildman–Crippen MR) is 85.0 cm³/mol. The van der Waals surface area contributed by atoms with E-state index in [9.17, 15) is 4.79 Å². The third kappa shape index (κ3) is 3.72. The lowest BCUT2D eigenvalue weighted by molar-refractivity contribution is -0.111. The van der Waals surface area contributed by atoms with Crippen molar-refractivity contribution < 1.29 is 4.79 Å². The molecule has 0 saturated heterocycles. The van der Waals surface area contributed by atoms with Gasteiger partial charge in [-0.05, 0) is 54.8 Å². The molecule has 2 aromatic rings. The van der Waals surface area contributed by atoms with Gasteiger partial charge in [0.25, 0.3) is 0 Å². The van der Waals surface area contributed by atoms with Crippen LogP contribution in [0.5, 0.6) is 0 Å². The number of nitrogens with one attached hydrogen (secondary N) is 1. The molecule has 0 saturated carbocycles. The first-order valence-corrected chi connectivity index (χ1v) is 6.75. The van der Waals surface area contributed by atoms with Crippen LogP contribution in [0.3, 0.4) is 0 Å². The van der Waals surface area contributed by atoms with Gasteiger partial charge in [0, 0.05) is 16.8 Å². The molecule has 0 radical (unpaired) electrons. The number of anilines is 1. The van der Waals surface area contributed by atoms with E-state index in [1.807, 2.05) is 50.2 Å². The molecule has 0 unspecified atom stereocenters. The average molecular weight is 286 g/mol. The lowest BCUT2D eigenvalue weighted by Gasteiger charge is -2.05. The molecule has 1 amide bonds. The van der Waals surface area contributed by atoms with Crippen molar-refractivity contribution in [1.82, 2.24) is 0 Å². The van der Waals surface area contributed by atoms with Gasteiger partial charge in [0.15, 0.2) is 0 Å². The highest BCUT2D eigenvalue weighted by atomic mass is 35.5. The van der Waals surface area contributed by atoms with Crippen molar-refractivity contribution in [3.8, 4) is 0 Å². The van der Waals surface area contributed by atoms with Gasteiger partial charge in [-0.2, -0.15) is 0 Å². The molecule has 3 heteroatoms. The number of amides is 1. The maximum Gasteiger partial charge on any atom is 0.248 e. The minimum atomic E-state index is -0.173. The maximum absolute atomic E-state index is 11.9. The van der Waals surface area contributed by atoms with Crippen LogP contribution in [0.25, 0.3) is 6.08 Å². The van der Waals surface area contributed by atoms with E-state index in [1.165, 1.54) is 11.6 Å². The van der Waals surface area contributed by atoms with Crippen LogP contribution in [0, 0.1) is 13.8 Å². The maximum atomic E-state index is 11.9. The zero-order valence-electron chi connectivity index (χ0n) is 11.5. The quantitative estimate of drug-likeness (QED) is 0.820. The van der Waals surface area contributed by atoms with E-state index < -0.39 is 0 Å². The smallest absolute Gasteiger partial charge is 0.248 e. The predicted octanol–water partition coefficient (Wildman–Crippen LogP) is 4.61. The summed E-state index contributed by atoms with van der Waals surface area (Å²) >= 11 is 6.02. The second-order valence-electron chi connectivity index (χ2n) is 4.64. The van der Waals surface area contributed by atoms with Crippen molar-refractivity contribution in [1.29, 1.82) is 0 Å². The van der Waals surface area contributed by atoms with Crippen LogP contribution >= 0.6 is 11.6 Å². The summed E-state index contributed by atoms with van der Waals surface area (Å²) in [4.78, 5) is 11.9. The van der Waals surface area contributed by atoms with E-state index in [1.54, 1.807) is 12.1 Å². The van der Waals surface area contributed by atoms with E-state index in [-0.39, 0.29) is 5.91 Å². The van der Waals surface area contributed by atoms with Crippen molar-refractivity contribution in [2.75, 3.05) is 5.32 Å². The second kappa shape index (κ2) is 6.40. The van der Waals surface area contributed by atoms with Crippen molar-refractivity contribution in [3.05, 3.63) is 70.3 Å². The van der Waals surface area contributed by atoms with Crippen molar-refractivity contribution in [2.45, 2.75) is 13.8 Å². The highest BCUT2D eigenvalue weighted by molar-refractivity contribution is 6.32. The lowest BCUT2D eigenvalue weighted by Crippen LogP contribution is -2.07. The van der Waals surface area contributed by atoms with E-state index >= 15 is 0 Å². The van der Waals surface area contributed by atoms with Gasteiger partial charge in [0.05, 0.1) is 0 Å². The van der Waals surface area contributed by atoms with Gasteiger partial charge in [-0.25, -0.2) is 0 Å². The fourth-order valence-electron chi connectivity index (χ4n) is 1.78. The normalized spacial score (nSPS) is 10.8.